The maximum absolute atomic E-state index is 12.1. The Morgan fingerprint density at radius 3 is 2.44 bits per heavy atom. The average molecular weight is 286 g/mol. The molecule has 0 spiro atoms. The number of nitrogens with one attached hydrogen (secondary N) is 1. The number of anilines is 1. The lowest BCUT2D eigenvalue weighted by atomic mass is 9.92. The predicted octanol–water partition coefficient (Wildman–Crippen LogP) is 3.90. The first-order chi connectivity index (χ1) is 7.45. The molecule has 0 saturated carbocycles. The third-order valence-corrected chi connectivity index (χ3v) is 2.70. The fourth-order valence-corrected chi connectivity index (χ4v) is 1.32. The van der Waals surface area contributed by atoms with Crippen molar-refractivity contribution in [1.29, 1.82) is 0 Å². The summed E-state index contributed by atoms with van der Waals surface area (Å²) in [5.74, 6) is -0.247. The number of amides is 1. The second kappa shape index (κ2) is 5.25. The molecule has 4 heteroatoms. The minimum atomic E-state index is -0.859. The van der Waals surface area contributed by atoms with Crippen molar-refractivity contribution in [3.05, 3.63) is 41.1 Å². The summed E-state index contributed by atoms with van der Waals surface area (Å²) < 4.78 is 13.0. The van der Waals surface area contributed by atoms with E-state index in [0.717, 1.165) is 4.47 Å². The fraction of sp³-hybridized carbons (Fsp3) is 0.250. The number of benzene rings is 1. The van der Waals surface area contributed by atoms with Crippen LogP contribution in [-0.4, -0.2) is 5.91 Å². The Morgan fingerprint density at radius 2 is 1.94 bits per heavy atom. The first kappa shape index (κ1) is 12.9. The molecule has 1 aromatic rings. The predicted molar refractivity (Wildman–Crippen MR) is 66.8 cm³/mol. The molecule has 0 aromatic heterocycles. The summed E-state index contributed by atoms with van der Waals surface area (Å²) in [4.78, 5) is 11.8. The third-order valence-electron chi connectivity index (χ3n) is 2.17. The van der Waals surface area contributed by atoms with Crippen LogP contribution in [0, 0.1) is 5.41 Å². The molecule has 0 fully saturated rings. The van der Waals surface area contributed by atoms with Crippen molar-refractivity contribution in [3.63, 3.8) is 0 Å². The third kappa shape index (κ3) is 3.45. The quantitative estimate of drug-likeness (QED) is 0.897. The molecule has 0 unspecified atom stereocenters. The van der Waals surface area contributed by atoms with Gasteiger partial charge in [-0.05, 0) is 44.2 Å². The maximum atomic E-state index is 12.1. The molecule has 0 atom stereocenters. The molecule has 0 saturated heterocycles. The summed E-state index contributed by atoms with van der Waals surface area (Å²) in [6.07, 6.45) is 1.61. The summed E-state index contributed by atoms with van der Waals surface area (Å²) in [6.45, 7) is 3.30. The number of halogens is 2. The lowest BCUT2D eigenvalue weighted by Gasteiger charge is -2.18. The van der Waals surface area contributed by atoms with Crippen LogP contribution in [0.5, 0.6) is 0 Å². The molecule has 1 amide bonds. The second-order valence-corrected chi connectivity index (χ2v) is 4.89. The smallest absolute Gasteiger partial charge is 0.233 e. The molecule has 0 aliphatic carbocycles. The van der Waals surface area contributed by atoms with Gasteiger partial charge in [0, 0.05) is 10.2 Å². The van der Waals surface area contributed by atoms with E-state index in [1.165, 1.54) is 6.08 Å². The molecule has 1 N–H and O–H groups in total. The van der Waals surface area contributed by atoms with Gasteiger partial charge in [-0.1, -0.05) is 15.9 Å². The fourth-order valence-electron chi connectivity index (χ4n) is 1.06. The van der Waals surface area contributed by atoms with Gasteiger partial charge in [0.05, 0.1) is 11.7 Å². The van der Waals surface area contributed by atoms with Gasteiger partial charge >= 0.3 is 0 Å². The zero-order valence-electron chi connectivity index (χ0n) is 9.13. The molecule has 0 bridgehead atoms. The van der Waals surface area contributed by atoms with Crippen molar-refractivity contribution in [2.45, 2.75) is 13.8 Å². The van der Waals surface area contributed by atoms with Crippen LogP contribution in [0.2, 0.25) is 0 Å². The minimum Gasteiger partial charge on any atom is -0.325 e. The number of hydrogen-bond donors (Lipinski definition) is 1. The minimum absolute atomic E-state index is 0.247. The largest absolute Gasteiger partial charge is 0.325 e. The summed E-state index contributed by atoms with van der Waals surface area (Å²) in [5, 5.41) is 2.72. The monoisotopic (exact) mass is 285 g/mol. The van der Waals surface area contributed by atoms with Crippen molar-refractivity contribution in [2.24, 2.45) is 5.41 Å². The Labute approximate surface area is 103 Å². The van der Waals surface area contributed by atoms with E-state index in [2.05, 4.69) is 21.2 Å². The van der Waals surface area contributed by atoms with Crippen LogP contribution in [0.1, 0.15) is 13.8 Å². The molecule has 86 valence electrons. The van der Waals surface area contributed by atoms with Gasteiger partial charge in [0.25, 0.3) is 0 Å². The zero-order chi connectivity index (χ0) is 12.2. The molecule has 0 radical (unpaired) electrons. The number of carbonyl (C=O) groups is 1. The van der Waals surface area contributed by atoms with Gasteiger partial charge in [-0.25, -0.2) is 4.39 Å². The van der Waals surface area contributed by atoms with Crippen LogP contribution in [0.25, 0.3) is 0 Å². The van der Waals surface area contributed by atoms with Crippen LogP contribution in [0.4, 0.5) is 10.1 Å². The van der Waals surface area contributed by atoms with E-state index in [-0.39, 0.29) is 5.91 Å². The molecule has 1 rings (SSSR count). The van der Waals surface area contributed by atoms with Crippen molar-refractivity contribution >= 4 is 27.5 Å². The zero-order valence-corrected chi connectivity index (χ0v) is 10.7. The molecule has 0 heterocycles. The molecular formula is C12H13BrFNO. The standard InChI is InChI=1S/C12H13BrFNO/c1-12(2,7-8-14)11(16)15-10-5-3-9(13)4-6-10/h3-8H,1-2H3,(H,15,16). The van der Waals surface area contributed by atoms with E-state index in [4.69, 9.17) is 0 Å². The summed E-state index contributed by atoms with van der Waals surface area (Å²) in [5.41, 5.74) is -0.171. The number of carbonyl (C=O) groups excluding carboxylic acids is 1. The van der Waals surface area contributed by atoms with Gasteiger partial charge in [-0.3, -0.25) is 4.79 Å². The lowest BCUT2D eigenvalue weighted by Crippen LogP contribution is -2.28. The molecule has 0 aliphatic heterocycles. The maximum Gasteiger partial charge on any atom is 0.233 e. The summed E-state index contributed by atoms with van der Waals surface area (Å²) >= 11 is 3.30. The highest BCUT2D eigenvalue weighted by atomic mass is 79.9. The molecular weight excluding hydrogens is 273 g/mol. The first-order valence-electron chi connectivity index (χ1n) is 4.80. The average Bonchev–Trinajstić information content (AvgIpc) is 2.21. The Hall–Kier alpha value is -1.16. The molecule has 1 aromatic carbocycles. The van der Waals surface area contributed by atoms with Gasteiger partial charge in [-0.15, -0.1) is 0 Å². The highest BCUT2D eigenvalue weighted by molar-refractivity contribution is 9.10. The van der Waals surface area contributed by atoms with Crippen LogP contribution in [0.3, 0.4) is 0 Å². The Kier molecular flexibility index (Phi) is 4.24. The van der Waals surface area contributed by atoms with E-state index in [1.807, 2.05) is 12.1 Å². The van der Waals surface area contributed by atoms with Gasteiger partial charge in [0.15, 0.2) is 0 Å². The highest BCUT2D eigenvalue weighted by Crippen LogP contribution is 2.21. The highest BCUT2D eigenvalue weighted by Gasteiger charge is 2.24. The van der Waals surface area contributed by atoms with Crippen molar-refractivity contribution in [1.82, 2.24) is 0 Å². The number of hydrogen-bond acceptors (Lipinski definition) is 1. The number of rotatable bonds is 3. The van der Waals surface area contributed by atoms with Crippen molar-refractivity contribution in [2.75, 3.05) is 5.32 Å². The molecule has 0 aliphatic rings. The topological polar surface area (TPSA) is 29.1 Å². The van der Waals surface area contributed by atoms with Gasteiger partial charge in [-0.2, -0.15) is 0 Å². The summed E-state index contributed by atoms with van der Waals surface area (Å²) in [6, 6.07) is 7.20. The van der Waals surface area contributed by atoms with E-state index in [1.54, 1.807) is 26.0 Å². The van der Waals surface area contributed by atoms with E-state index in [0.29, 0.717) is 12.0 Å². The molecule has 2 nitrogen and oxygen atoms in total. The van der Waals surface area contributed by atoms with Crippen molar-refractivity contribution < 1.29 is 9.18 Å². The van der Waals surface area contributed by atoms with Gasteiger partial charge < -0.3 is 5.32 Å². The lowest BCUT2D eigenvalue weighted by molar-refractivity contribution is -0.121. The van der Waals surface area contributed by atoms with E-state index >= 15 is 0 Å². The summed E-state index contributed by atoms with van der Waals surface area (Å²) in [7, 11) is 0. The molecule has 16 heavy (non-hydrogen) atoms. The van der Waals surface area contributed by atoms with Crippen LogP contribution >= 0.6 is 15.9 Å². The Balaban J connectivity index is 2.75. The Bertz CT molecular complexity index is 398. The van der Waals surface area contributed by atoms with Gasteiger partial charge in [0.1, 0.15) is 0 Å². The van der Waals surface area contributed by atoms with Crippen LogP contribution < -0.4 is 5.32 Å². The normalized spacial score (nSPS) is 11.8. The van der Waals surface area contributed by atoms with E-state index in [9.17, 15) is 9.18 Å². The van der Waals surface area contributed by atoms with Gasteiger partial charge in [0.2, 0.25) is 5.91 Å². The second-order valence-electron chi connectivity index (χ2n) is 3.98. The van der Waals surface area contributed by atoms with Crippen LogP contribution in [0.15, 0.2) is 41.1 Å². The van der Waals surface area contributed by atoms with Crippen molar-refractivity contribution in [3.8, 4) is 0 Å². The Morgan fingerprint density at radius 1 is 1.38 bits per heavy atom. The SMILES string of the molecule is CC(C)(C=CF)C(=O)Nc1ccc(Br)cc1. The van der Waals surface area contributed by atoms with E-state index < -0.39 is 5.41 Å². The van der Waals surface area contributed by atoms with Crippen LogP contribution in [-0.2, 0) is 4.79 Å². The first-order valence-corrected chi connectivity index (χ1v) is 5.60.